The maximum absolute atomic E-state index is 13.6. The van der Waals surface area contributed by atoms with Gasteiger partial charge in [0, 0.05) is 18.3 Å². The molecule has 1 atom stereocenters. The number of aromatic nitrogens is 2. The van der Waals surface area contributed by atoms with Crippen molar-refractivity contribution >= 4 is 23.5 Å². The molecule has 0 saturated heterocycles. The highest BCUT2D eigenvalue weighted by Gasteiger charge is 2.49. The normalized spacial score (nSPS) is 17.3. The Balaban J connectivity index is 1.70. The molecule has 8 nitrogen and oxygen atoms in total. The van der Waals surface area contributed by atoms with Crippen LogP contribution in [0.3, 0.4) is 0 Å². The quantitative estimate of drug-likeness (QED) is 0.562. The second-order valence-corrected chi connectivity index (χ2v) is 7.99. The van der Waals surface area contributed by atoms with Crippen LogP contribution in [0, 0.1) is 11.6 Å². The van der Waals surface area contributed by atoms with Crippen LogP contribution in [0.15, 0.2) is 54.6 Å². The summed E-state index contributed by atoms with van der Waals surface area (Å²) in [5, 5.41) is 6.96. The number of hydrogen-bond donors (Lipinski definition) is 1. The molecule has 4 rings (SSSR count). The Morgan fingerprint density at radius 1 is 1.09 bits per heavy atom. The molecular formula is C24H22F2N4O4. The molecule has 1 aromatic heterocycles. The highest BCUT2D eigenvalue weighted by Crippen LogP contribution is 2.33. The summed E-state index contributed by atoms with van der Waals surface area (Å²) in [6.07, 6.45) is 0. The number of hydrogen-bond acceptors (Lipinski definition) is 5. The van der Waals surface area contributed by atoms with Gasteiger partial charge in [-0.1, -0.05) is 12.1 Å². The minimum atomic E-state index is -1.47. The van der Waals surface area contributed by atoms with E-state index in [0.29, 0.717) is 11.3 Å². The number of amides is 2. The number of carbonyl (C=O) groups is 3. The number of rotatable bonds is 6. The van der Waals surface area contributed by atoms with Gasteiger partial charge in [-0.3, -0.25) is 19.2 Å². The van der Waals surface area contributed by atoms with Gasteiger partial charge in [0.2, 0.25) is 5.91 Å². The molecule has 0 radical (unpaired) electrons. The van der Waals surface area contributed by atoms with Crippen molar-refractivity contribution in [2.75, 3.05) is 11.5 Å². The fraction of sp³-hybridized carbons (Fsp3) is 0.250. The Morgan fingerprint density at radius 2 is 1.71 bits per heavy atom. The van der Waals surface area contributed by atoms with E-state index in [4.69, 9.17) is 4.74 Å². The summed E-state index contributed by atoms with van der Waals surface area (Å²) in [5.41, 5.74) is -0.467. The van der Waals surface area contributed by atoms with Gasteiger partial charge in [0.25, 0.3) is 5.91 Å². The Labute approximate surface area is 194 Å². The van der Waals surface area contributed by atoms with Gasteiger partial charge in [-0.2, -0.15) is 5.10 Å². The largest absolute Gasteiger partial charge is 0.461 e. The topological polar surface area (TPSA) is 93.5 Å². The van der Waals surface area contributed by atoms with E-state index in [-0.39, 0.29) is 31.1 Å². The number of benzene rings is 2. The van der Waals surface area contributed by atoms with Crippen molar-refractivity contribution in [1.82, 2.24) is 15.1 Å². The van der Waals surface area contributed by atoms with Crippen LogP contribution in [0.4, 0.5) is 14.5 Å². The minimum absolute atomic E-state index is 0.0553. The lowest BCUT2D eigenvalue weighted by atomic mass is 9.94. The van der Waals surface area contributed by atoms with Crippen molar-refractivity contribution in [2.24, 2.45) is 0 Å². The van der Waals surface area contributed by atoms with Gasteiger partial charge < -0.3 is 10.1 Å². The van der Waals surface area contributed by atoms with Crippen LogP contribution < -0.4 is 10.2 Å². The number of anilines is 1. The van der Waals surface area contributed by atoms with Gasteiger partial charge >= 0.3 is 5.97 Å². The molecule has 0 fully saturated rings. The fourth-order valence-corrected chi connectivity index (χ4v) is 3.86. The molecule has 3 aromatic rings. The van der Waals surface area contributed by atoms with Gasteiger partial charge in [0.05, 0.1) is 13.2 Å². The molecule has 0 spiro atoms. The van der Waals surface area contributed by atoms with Crippen molar-refractivity contribution in [1.29, 1.82) is 0 Å². The second kappa shape index (κ2) is 9.05. The van der Waals surface area contributed by atoms with E-state index >= 15 is 0 Å². The summed E-state index contributed by atoms with van der Waals surface area (Å²) in [7, 11) is 0. The first-order valence-electron chi connectivity index (χ1n) is 10.6. The molecule has 34 heavy (non-hydrogen) atoms. The lowest BCUT2D eigenvalue weighted by molar-refractivity contribution is -0.126. The third-order valence-corrected chi connectivity index (χ3v) is 5.58. The Bertz CT molecular complexity index is 1240. The number of nitrogens with one attached hydrogen (secondary N) is 1. The Kier molecular flexibility index (Phi) is 6.14. The SMILES string of the molecule is CCOC(=O)c1cc2n(n1)CC(C)(C(=O)NCc1ccc(F)cc1)N(c1ccc(F)cc1)C2=O. The monoisotopic (exact) mass is 468 g/mol. The molecule has 0 saturated carbocycles. The Hall–Kier alpha value is -4.08. The van der Waals surface area contributed by atoms with Crippen LogP contribution >= 0.6 is 0 Å². The molecule has 1 aliphatic heterocycles. The average molecular weight is 468 g/mol. The smallest absolute Gasteiger partial charge is 0.358 e. The van der Waals surface area contributed by atoms with Crippen molar-refractivity contribution < 1.29 is 27.9 Å². The third kappa shape index (κ3) is 4.26. The lowest BCUT2D eigenvalue weighted by Crippen LogP contribution is -2.64. The first-order chi connectivity index (χ1) is 16.2. The summed E-state index contributed by atoms with van der Waals surface area (Å²) in [5.74, 6) is -2.67. The zero-order valence-corrected chi connectivity index (χ0v) is 18.5. The first-order valence-corrected chi connectivity index (χ1v) is 10.6. The molecule has 2 amide bonds. The average Bonchev–Trinajstić information content (AvgIpc) is 3.24. The number of carbonyl (C=O) groups excluding carboxylic acids is 3. The van der Waals surface area contributed by atoms with Crippen molar-refractivity contribution in [3.63, 3.8) is 0 Å². The van der Waals surface area contributed by atoms with Crippen molar-refractivity contribution in [2.45, 2.75) is 32.5 Å². The third-order valence-electron chi connectivity index (χ3n) is 5.58. The van der Waals surface area contributed by atoms with Crippen LogP contribution in [0.5, 0.6) is 0 Å². The molecule has 1 unspecified atom stereocenters. The molecule has 0 aliphatic carbocycles. The van der Waals surface area contributed by atoms with E-state index in [2.05, 4.69) is 10.4 Å². The predicted molar refractivity (Wildman–Crippen MR) is 118 cm³/mol. The summed E-state index contributed by atoms with van der Waals surface area (Å²) >= 11 is 0. The summed E-state index contributed by atoms with van der Waals surface area (Å²) in [4.78, 5) is 40.4. The van der Waals surface area contributed by atoms with Crippen LogP contribution in [-0.4, -0.2) is 39.7 Å². The van der Waals surface area contributed by atoms with Gasteiger partial charge in [-0.15, -0.1) is 0 Å². The molecule has 10 heteroatoms. The fourth-order valence-electron chi connectivity index (χ4n) is 3.86. The molecule has 2 aromatic carbocycles. The number of fused-ring (bicyclic) bond motifs is 1. The molecule has 1 N–H and O–H groups in total. The van der Waals surface area contributed by atoms with Gasteiger partial charge in [-0.25, -0.2) is 13.6 Å². The zero-order chi connectivity index (χ0) is 24.5. The van der Waals surface area contributed by atoms with Crippen molar-refractivity contribution in [3.05, 3.63) is 83.2 Å². The molecule has 2 heterocycles. The maximum Gasteiger partial charge on any atom is 0.358 e. The number of nitrogens with zero attached hydrogens (tertiary/aromatic N) is 3. The number of esters is 1. The van der Waals surface area contributed by atoms with Gasteiger partial charge in [0.1, 0.15) is 22.9 Å². The van der Waals surface area contributed by atoms with Gasteiger partial charge in [-0.05, 0) is 55.8 Å². The van der Waals surface area contributed by atoms with Crippen LogP contribution in [0.2, 0.25) is 0 Å². The van der Waals surface area contributed by atoms with E-state index in [1.807, 2.05) is 0 Å². The standard InChI is InChI=1S/C24H22F2N4O4/c1-3-34-22(32)19-12-20-21(31)30(18-10-8-17(26)9-11-18)24(2,14-29(20)28-19)23(33)27-13-15-4-6-16(25)7-5-15/h4-12H,3,13-14H2,1-2H3,(H,27,33). The van der Waals surface area contributed by atoms with E-state index in [1.165, 1.54) is 52.0 Å². The van der Waals surface area contributed by atoms with E-state index < -0.39 is 35.0 Å². The minimum Gasteiger partial charge on any atom is -0.461 e. The highest BCUT2D eigenvalue weighted by molar-refractivity contribution is 6.12. The summed E-state index contributed by atoms with van der Waals surface area (Å²) in [6.45, 7) is 3.38. The number of halogens is 2. The first kappa shape index (κ1) is 23.1. The van der Waals surface area contributed by atoms with Crippen LogP contribution in [-0.2, 0) is 22.6 Å². The van der Waals surface area contributed by atoms with Gasteiger partial charge in [0.15, 0.2) is 5.69 Å². The highest BCUT2D eigenvalue weighted by atomic mass is 19.1. The van der Waals surface area contributed by atoms with E-state index in [1.54, 1.807) is 26.0 Å². The zero-order valence-electron chi connectivity index (χ0n) is 18.5. The molecule has 0 bridgehead atoms. The maximum atomic E-state index is 13.6. The van der Waals surface area contributed by atoms with Crippen LogP contribution in [0.1, 0.15) is 40.4 Å². The predicted octanol–water partition coefficient (Wildman–Crippen LogP) is 3.07. The van der Waals surface area contributed by atoms with E-state index in [9.17, 15) is 23.2 Å². The molecule has 1 aliphatic rings. The van der Waals surface area contributed by atoms with E-state index in [0.717, 1.165) is 0 Å². The lowest BCUT2D eigenvalue weighted by Gasteiger charge is -2.43. The second-order valence-electron chi connectivity index (χ2n) is 7.99. The molecular weight excluding hydrogens is 446 g/mol. The number of ether oxygens (including phenoxy) is 1. The molecule has 176 valence electrons. The Morgan fingerprint density at radius 3 is 2.32 bits per heavy atom. The summed E-state index contributed by atoms with van der Waals surface area (Å²) in [6, 6.07) is 12.1. The van der Waals surface area contributed by atoms with Crippen LogP contribution in [0.25, 0.3) is 0 Å². The van der Waals surface area contributed by atoms with Crippen molar-refractivity contribution in [3.8, 4) is 0 Å². The summed E-state index contributed by atoms with van der Waals surface area (Å²) < 4.78 is 33.0.